The van der Waals surface area contributed by atoms with Gasteiger partial charge in [-0.2, -0.15) is 13.2 Å². The topological polar surface area (TPSA) is 85.4 Å². The van der Waals surface area contributed by atoms with Gasteiger partial charge in [0.25, 0.3) is 11.6 Å². The third kappa shape index (κ3) is 3.99. The van der Waals surface area contributed by atoms with Gasteiger partial charge in [0.1, 0.15) is 5.76 Å². The zero-order valence-corrected chi connectivity index (χ0v) is 14.5. The Morgan fingerprint density at radius 3 is 2.46 bits per heavy atom. The van der Waals surface area contributed by atoms with Crippen molar-refractivity contribution in [3.63, 3.8) is 0 Å². The Hall–Kier alpha value is -3.33. The maximum absolute atomic E-state index is 13.0. The summed E-state index contributed by atoms with van der Waals surface area (Å²) in [6.07, 6.45) is -4.63. The zero-order chi connectivity index (χ0) is 20.5. The number of nitrogens with zero attached hydrogens (tertiary/aromatic N) is 1. The number of rotatable bonds is 4. The number of nitrogens with one attached hydrogen (secondary N) is 1. The van der Waals surface area contributed by atoms with E-state index in [-0.39, 0.29) is 22.2 Å². The largest absolute Gasteiger partial charge is 0.451 e. The summed E-state index contributed by atoms with van der Waals surface area (Å²) in [6, 6.07) is 10.9. The van der Waals surface area contributed by atoms with Crippen molar-refractivity contribution in [2.75, 3.05) is 5.32 Å². The maximum atomic E-state index is 13.0. The predicted molar refractivity (Wildman–Crippen MR) is 95.2 cm³/mol. The summed E-state index contributed by atoms with van der Waals surface area (Å²) in [5.74, 6) is -1.00. The molecule has 0 aliphatic heterocycles. The summed E-state index contributed by atoms with van der Waals surface area (Å²) in [5.41, 5.74) is -1.33. The minimum absolute atomic E-state index is 0.0259. The van der Waals surface area contributed by atoms with Gasteiger partial charge in [-0.15, -0.1) is 0 Å². The van der Waals surface area contributed by atoms with Gasteiger partial charge >= 0.3 is 6.18 Å². The monoisotopic (exact) mass is 410 g/mol. The van der Waals surface area contributed by atoms with Crippen LogP contribution in [-0.4, -0.2) is 10.8 Å². The highest BCUT2D eigenvalue weighted by molar-refractivity contribution is 6.33. The fourth-order valence-corrected chi connectivity index (χ4v) is 2.71. The molecule has 28 heavy (non-hydrogen) atoms. The molecule has 10 heteroatoms. The Morgan fingerprint density at radius 1 is 1.11 bits per heavy atom. The van der Waals surface area contributed by atoms with Crippen molar-refractivity contribution in [2.45, 2.75) is 6.18 Å². The first-order valence-electron chi connectivity index (χ1n) is 7.68. The number of para-hydroxylation sites is 1. The first-order valence-corrected chi connectivity index (χ1v) is 8.06. The molecule has 0 spiro atoms. The lowest BCUT2D eigenvalue weighted by Crippen LogP contribution is -2.16. The minimum Gasteiger partial charge on any atom is -0.451 e. The molecule has 0 fully saturated rings. The van der Waals surface area contributed by atoms with Crippen molar-refractivity contribution in [1.29, 1.82) is 0 Å². The number of nitro benzene ring substituents is 1. The lowest BCUT2D eigenvalue weighted by atomic mass is 10.1. The molecule has 0 aliphatic rings. The van der Waals surface area contributed by atoms with E-state index in [2.05, 4.69) is 5.32 Å². The fourth-order valence-electron chi connectivity index (χ4n) is 2.45. The Kier molecular flexibility index (Phi) is 5.10. The van der Waals surface area contributed by atoms with Gasteiger partial charge in [0.15, 0.2) is 5.76 Å². The Bertz CT molecular complexity index is 1060. The van der Waals surface area contributed by atoms with Crippen LogP contribution in [0, 0.1) is 10.1 Å². The van der Waals surface area contributed by atoms with Gasteiger partial charge in [-0.1, -0.05) is 23.7 Å². The number of benzene rings is 2. The number of carbonyl (C=O) groups excluding carboxylic acids is 1. The quantitative estimate of drug-likeness (QED) is 0.436. The first kappa shape index (κ1) is 19.4. The standard InChI is InChI=1S/C18H10ClF3N2O4/c19-13-9-10(24(26)27)5-6-11(13)15-7-8-16(28-15)17(25)23-14-4-2-1-3-12(14)18(20,21)22/h1-9H,(H,23,25). The lowest BCUT2D eigenvalue weighted by Gasteiger charge is -2.12. The van der Waals surface area contributed by atoms with Crippen LogP contribution < -0.4 is 5.32 Å². The van der Waals surface area contributed by atoms with E-state index >= 15 is 0 Å². The summed E-state index contributed by atoms with van der Waals surface area (Å²) in [7, 11) is 0. The fraction of sp³-hybridized carbons (Fsp3) is 0.0556. The molecule has 0 saturated carbocycles. The molecule has 0 radical (unpaired) electrons. The van der Waals surface area contributed by atoms with E-state index in [4.69, 9.17) is 16.0 Å². The normalized spacial score (nSPS) is 11.3. The van der Waals surface area contributed by atoms with E-state index < -0.39 is 28.3 Å². The predicted octanol–water partition coefficient (Wildman–Crippen LogP) is 5.78. The van der Waals surface area contributed by atoms with Crippen molar-refractivity contribution in [1.82, 2.24) is 0 Å². The van der Waals surface area contributed by atoms with Gasteiger partial charge in [-0.05, 0) is 30.3 Å². The summed E-state index contributed by atoms with van der Waals surface area (Å²) in [5, 5.41) is 12.9. The number of amides is 1. The third-order valence-corrected chi connectivity index (χ3v) is 4.05. The molecule has 0 saturated heterocycles. The van der Waals surface area contributed by atoms with E-state index in [0.29, 0.717) is 5.56 Å². The Morgan fingerprint density at radius 2 is 1.82 bits per heavy atom. The van der Waals surface area contributed by atoms with Gasteiger partial charge in [0.2, 0.25) is 0 Å². The highest BCUT2D eigenvalue weighted by Gasteiger charge is 2.33. The number of furan rings is 1. The van der Waals surface area contributed by atoms with Crippen LogP contribution in [0.4, 0.5) is 24.5 Å². The zero-order valence-electron chi connectivity index (χ0n) is 13.8. The SMILES string of the molecule is O=C(Nc1ccccc1C(F)(F)F)c1ccc(-c2ccc([N+](=O)[O-])cc2Cl)o1. The van der Waals surface area contributed by atoms with Crippen molar-refractivity contribution >= 4 is 28.9 Å². The number of halogens is 4. The Labute approximate surface area is 160 Å². The highest BCUT2D eigenvalue weighted by Crippen LogP contribution is 2.35. The van der Waals surface area contributed by atoms with Crippen molar-refractivity contribution < 1.29 is 27.3 Å². The maximum Gasteiger partial charge on any atom is 0.418 e. The number of non-ortho nitro benzene ring substituents is 1. The highest BCUT2D eigenvalue weighted by atomic mass is 35.5. The van der Waals surface area contributed by atoms with E-state index in [1.165, 1.54) is 36.4 Å². The molecule has 1 aromatic heterocycles. The smallest absolute Gasteiger partial charge is 0.418 e. The molecule has 3 rings (SSSR count). The average molecular weight is 411 g/mol. The van der Waals surface area contributed by atoms with Gasteiger partial charge in [0, 0.05) is 17.7 Å². The van der Waals surface area contributed by atoms with E-state index in [9.17, 15) is 28.1 Å². The van der Waals surface area contributed by atoms with Gasteiger partial charge in [0.05, 0.1) is 21.2 Å². The van der Waals surface area contributed by atoms with E-state index in [0.717, 1.165) is 18.2 Å². The van der Waals surface area contributed by atoms with Crippen molar-refractivity contribution in [2.24, 2.45) is 0 Å². The number of alkyl halides is 3. The molecule has 1 amide bonds. The number of hydrogen-bond donors (Lipinski definition) is 1. The molecular weight excluding hydrogens is 401 g/mol. The second-order valence-corrected chi connectivity index (χ2v) is 5.99. The molecule has 144 valence electrons. The van der Waals surface area contributed by atoms with Gasteiger partial charge in [-0.25, -0.2) is 0 Å². The van der Waals surface area contributed by atoms with Crippen LogP contribution in [0.1, 0.15) is 16.1 Å². The molecule has 1 heterocycles. The first-order chi connectivity index (χ1) is 13.2. The molecule has 3 aromatic rings. The summed E-state index contributed by atoms with van der Waals surface area (Å²) >= 11 is 6.01. The molecule has 6 nitrogen and oxygen atoms in total. The summed E-state index contributed by atoms with van der Waals surface area (Å²) in [4.78, 5) is 22.4. The van der Waals surface area contributed by atoms with Crippen LogP contribution >= 0.6 is 11.6 Å². The molecular formula is C18H10ClF3N2O4. The lowest BCUT2D eigenvalue weighted by molar-refractivity contribution is -0.384. The van der Waals surface area contributed by atoms with Crippen LogP contribution in [0.25, 0.3) is 11.3 Å². The number of carbonyl (C=O) groups is 1. The molecule has 0 atom stereocenters. The van der Waals surface area contributed by atoms with Crippen molar-refractivity contribution in [3.8, 4) is 11.3 Å². The number of nitro groups is 1. The van der Waals surface area contributed by atoms with E-state index in [1.54, 1.807) is 0 Å². The number of anilines is 1. The van der Waals surface area contributed by atoms with Crippen LogP contribution in [0.15, 0.2) is 59.0 Å². The summed E-state index contributed by atoms with van der Waals surface area (Å²) < 4.78 is 44.4. The molecule has 0 bridgehead atoms. The van der Waals surface area contributed by atoms with Crippen molar-refractivity contribution in [3.05, 3.63) is 81.1 Å². The second kappa shape index (κ2) is 7.35. The number of hydrogen-bond acceptors (Lipinski definition) is 4. The molecule has 1 N–H and O–H groups in total. The molecule has 2 aromatic carbocycles. The molecule has 0 unspecified atom stereocenters. The third-order valence-electron chi connectivity index (χ3n) is 3.74. The van der Waals surface area contributed by atoms with Gasteiger partial charge < -0.3 is 9.73 Å². The van der Waals surface area contributed by atoms with Crippen LogP contribution in [0.3, 0.4) is 0 Å². The van der Waals surface area contributed by atoms with Crippen LogP contribution in [0.5, 0.6) is 0 Å². The van der Waals surface area contributed by atoms with Crippen LogP contribution in [-0.2, 0) is 6.18 Å². The second-order valence-electron chi connectivity index (χ2n) is 5.58. The summed E-state index contributed by atoms with van der Waals surface area (Å²) in [6.45, 7) is 0. The van der Waals surface area contributed by atoms with Gasteiger partial charge in [-0.3, -0.25) is 14.9 Å². The average Bonchev–Trinajstić information content (AvgIpc) is 3.11. The Balaban J connectivity index is 1.85. The minimum atomic E-state index is -4.63. The van der Waals surface area contributed by atoms with Crippen LogP contribution in [0.2, 0.25) is 5.02 Å². The molecule has 0 aliphatic carbocycles. The van der Waals surface area contributed by atoms with E-state index in [1.807, 2.05) is 0 Å².